The second-order valence-corrected chi connectivity index (χ2v) is 8.47. The monoisotopic (exact) mass is 469 g/mol. The van der Waals surface area contributed by atoms with E-state index in [9.17, 15) is 4.39 Å². The van der Waals surface area contributed by atoms with Crippen molar-refractivity contribution in [3.05, 3.63) is 106 Å². The van der Waals surface area contributed by atoms with E-state index in [4.69, 9.17) is 9.47 Å². The molecule has 0 aliphatic carbocycles. The zero-order chi connectivity index (χ0) is 20.8. The standard InChI is InChI=1S/C25H25BrFNO2/c26-22-10-6-20(7-11-22)17-29-24-16-28-15-14-25(24,21-8-12-23(27)13-9-21)30-18-19-4-2-1-3-5-19/h1-13,24,28H,14-18H2/t24-,25-/m1/s1. The molecule has 156 valence electrons. The van der Waals surface area contributed by atoms with Gasteiger partial charge in [0.15, 0.2) is 0 Å². The van der Waals surface area contributed by atoms with E-state index in [1.165, 1.54) is 12.1 Å². The molecule has 3 aromatic carbocycles. The zero-order valence-electron chi connectivity index (χ0n) is 16.7. The summed E-state index contributed by atoms with van der Waals surface area (Å²) >= 11 is 3.47. The van der Waals surface area contributed by atoms with Gasteiger partial charge < -0.3 is 14.8 Å². The van der Waals surface area contributed by atoms with Crippen LogP contribution >= 0.6 is 15.9 Å². The molecule has 0 bridgehead atoms. The largest absolute Gasteiger partial charge is 0.369 e. The summed E-state index contributed by atoms with van der Waals surface area (Å²) in [6, 6.07) is 24.9. The number of ether oxygens (including phenoxy) is 2. The smallest absolute Gasteiger partial charge is 0.123 e. The summed E-state index contributed by atoms with van der Waals surface area (Å²) in [5.74, 6) is -0.252. The van der Waals surface area contributed by atoms with Gasteiger partial charge in [-0.15, -0.1) is 0 Å². The zero-order valence-corrected chi connectivity index (χ0v) is 18.3. The fourth-order valence-electron chi connectivity index (χ4n) is 3.90. The Morgan fingerprint density at radius 1 is 0.900 bits per heavy atom. The van der Waals surface area contributed by atoms with Gasteiger partial charge in [-0.1, -0.05) is 70.5 Å². The average Bonchev–Trinajstić information content (AvgIpc) is 2.79. The molecule has 3 nitrogen and oxygen atoms in total. The van der Waals surface area contributed by atoms with Gasteiger partial charge in [0.2, 0.25) is 0 Å². The van der Waals surface area contributed by atoms with E-state index in [0.29, 0.717) is 19.8 Å². The van der Waals surface area contributed by atoms with E-state index in [1.54, 1.807) is 0 Å². The summed E-state index contributed by atoms with van der Waals surface area (Å²) < 4.78 is 27.7. The van der Waals surface area contributed by atoms with E-state index in [-0.39, 0.29) is 11.9 Å². The van der Waals surface area contributed by atoms with Crippen LogP contribution in [0, 0.1) is 5.82 Å². The fourth-order valence-corrected chi connectivity index (χ4v) is 4.17. The number of halogens is 2. The maximum absolute atomic E-state index is 13.6. The summed E-state index contributed by atoms with van der Waals surface area (Å²) in [6.07, 6.45) is 0.542. The Labute approximate surface area is 185 Å². The molecule has 1 fully saturated rings. The van der Waals surface area contributed by atoms with Gasteiger partial charge in [-0.05, 0) is 53.9 Å². The second kappa shape index (κ2) is 9.84. The third kappa shape index (κ3) is 4.98. The number of rotatable bonds is 7. The van der Waals surface area contributed by atoms with Crippen molar-refractivity contribution in [2.24, 2.45) is 0 Å². The molecule has 1 heterocycles. The van der Waals surface area contributed by atoms with Crippen LogP contribution in [0.4, 0.5) is 4.39 Å². The van der Waals surface area contributed by atoms with Gasteiger partial charge in [0.1, 0.15) is 17.5 Å². The second-order valence-electron chi connectivity index (χ2n) is 7.55. The SMILES string of the molecule is Fc1ccc([C@]2(OCc3ccccc3)CCNC[C@H]2OCc2ccc(Br)cc2)cc1. The van der Waals surface area contributed by atoms with Gasteiger partial charge in [-0.3, -0.25) is 0 Å². The third-order valence-corrected chi connectivity index (χ3v) is 6.09. The summed E-state index contributed by atoms with van der Waals surface area (Å²) in [4.78, 5) is 0. The Kier molecular flexibility index (Phi) is 6.95. The quantitative estimate of drug-likeness (QED) is 0.489. The molecule has 4 rings (SSSR count). The third-order valence-electron chi connectivity index (χ3n) is 5.56. The molecule has 5 heteroatoms. The van der Waals surface area contributed by atoms with Gasteiger partial charge >= 0.3 is 0 Å². The van der Waals surface area contributed by atoms with Crippen molar-refractivity contribution in [1.82, 2.24) is 5.32 Å². The molecule has 1 aliphatic rings. The minimum atomic E-state index is -0.649. The topological polar surface area (TPSA) is 30.5 Å². The molecule has 0 radical (unpaired) electrons. The molecule has 0 unspecified atom stereocenters. The first-order valence-corrected chi connectivity index (χ1v) is 11.0. The summed E-state index contributed by atoms with van der Waals surface area (Å²) in [5, 5.41) is 3.43. The van der Waals surface area contributed by atoms with Gasteiger partial charge in [-0.25, -0.2) is 4.39 Å². The molecule has 1 aliphatic heterocycles. The van der Waals surface area contributed by atoms with Gasteiger partial charge in [-0.2, -0.15) is 0 Å². The molecule has 1 N–H and O–H groups in total. The summed E-state index contributed by atoms with van der Waals surface area (Å²) in [5.41, 5.74) is 2.50. The molecule has 0 saturated carbocycles. The lowest BCUT2D eigenvalue weighted by atomic mass is 9.82. The van der Waals surface area contributed by atoms with E-state index in [1.807, 2.05) is 54.6 Å². The van der Waals surface area contributed by atoms with Gasteiger partial charge in [0.05, 0.1) is 13.2 Å². The lowest BCUT2D eigenvalue weighted by molar-refractivity contribution is -0.176. The van der Waals surface area contributed by atoms with E-state index >= 15 is 0 Å². The highest BCUT2D eigenvalue weighted by Crippen LogP contribution is 2.38. The van der Waals surface area contributed by atoms with Gasteiger partial charge in [0, 0.05) is 11.0 Å². The van der Waals surface area contributed by atoms with Crippen LogP contribution < -0.4 is 5.32 Å². The fraction of sp³-hybridized carbons (Fsp3) is 0.280. The lowest BCUT2D eigenvalue weighted by Gasteiger charge is -2.44. The Morgan fingerprint density at radius 3 is 2.33 bits per heavy atom. The van der Waals surface area contributed by atoms with Crippen LogP contribution in [-0.2, 0) is 28.3 Å². The molecule has 0 spiro atoms. The molecule has 0 aromatic heterocycles. The molecular weight excluding hydrogens is 445 g/mol. The van der Waals surface area contributed by atoms with Crippen molar-refractivity contribution in [2.45, 2.75) is 31.3 Å². The highest BCUT2D eigenvalue weighted by Gasteiger charge is 2.44. The minimum absolute atomic E-state index is 0.205. The van der Waals surface area contributed by atoms with Crippen LogP contribution in [0.5, 0.6) is 0 Å². The minimum Gasteiger partial charge on any atom is -0.369 e. The van der Waals surface area contributed by atoms with Crippen molar-refractivity contribution in [3.63, 3.8) is 0 Å². The number of hydrogen-bond acceptors (Lipinski definition) is 3. The van der Waals surface area contributed by atoms with Crippen molar-refractivity contribution in [2.75, 3.05) is 13.1 Å². The van der Waals surface area contributed by atoms with Crippen molar-refractivity contribution >= 4 is 15.9 Å². The Balaban J connectivity index is 1.60. The molecule has 3 aromatic rings. The molecule has 0 amide bonds. The van der Waals surface area contributed by atoms with Crippen LogP contribution in [0.1, 0.15) is 23.1 Å². The highest BCUT2D eigenvalue weighted by atomic mass is 79.9. The maximum atomic E-state index is 13.6. The first kappa shape index (κ1) is 21.2. The molecular formula is C25H25BrFNO2. The van der Waals surface area contributed by atoms with E-state index < -0.39 is 5.60 Å². The number of piperidine rings is 1. The van der Waals surface area contributed by atoms with Crippen molar-refractivity contribution in [3.8, 4) is 0 Å². The average molecular weight is 470 g/mol. The predicted octanol–water partition coefficient (Wildman–Crippen LogP) is 5.58. The molecule has 1 saturated heterocycles. The normalized spacial score (nSPS) is 21.5. The number of hydrogen-bond donors (Lipinski definition) is 1. The highest BCUT2D eigenvalue weighted by molar-refractivity contribution is 9.10. The lowest BCUT2D eigenvalue weighted by Crippen LogP contribution is -2.54. The number of nitrogens with one attached hydrogen (secondary N) is 1. The molecule has 2 atom stereocenters. The van der Waals surface area contributed by atoms with E-state index in [0.717, 1.165) is 34.1 Å². The number of benzene rings is 3. The van der Waals surface area contributed by atoms with Crippen LogP contribution in [0.3, 0.4) is 0 Å². The first-order valence-electron chi connectivity index (χ1n) is 10.2. The first-order chi connectivity index (χ1) is 14.7. The van der Waals surface area contributed by atoms with Crippen LogP contribution in [0.2, 0.25) is 0 Å². The van der Waals surface area contributed by atoms with Crippen LogP contribution in [0.15, 0.2) is 83.3 Å². The molecule has 30 heavy (non-hydrogen) atoms. The summed E-state index contributed by atoms with van der Waals surface area (Å²) in [6.45, 7) is 2.43. The Morgan fingerprint density at radius 2 is 1.60 bits per heavy atom. The van der Waals surface area contributed by atoms with Crippen LogP contribution in [0.25, 0.3) is 0 Å². The van der Waals surface area contributed by atoms with Crippen LogP contribution in [-0.4, -0.2) is 19.2 Å². The Hall–Kier alpha value is -2.05. The van der Waals surface area contributed by atoms with Crippen molar-refractivity contribution in [1.29, 1.82) is 0 Å². The van der Waals surface area contributed by atoms with E-state index in [2.05, 4.69) is 33.4 Å². The summed E-state index contributed by atoms with van der Waals surface area (Å²) in [7, 11) is 0. The van der Waals surface area contributed by atoms with Gasteiger partial charge in [0.25, 0.3) is 0 Å². The van der Waals surface area contributed by atoms with Crippen molar-refractivity contribution < 1.29 is 13.9 Å². The Bertz CT molecular complexity index is 934. The maximum Gasteiger partial charge on any atom is 0.123 e. The predicted molar refractivity (Wildman–Crippen MR) is 120 cm³/mol.